The number of amides is 6. The number of rotatable bonds is 14. The maximum absolute atomic E-state index is 13.6. The van der Waals surface area contributed by atoms with Crippen LogP contribution in [0.25, 0.3) is 0 Å². The van der Waals surface area contributed by atoms with Gasteiger partial charge in [0.15, 0.2) is 0 Å². The Kier molecular flexibility index (Phi) is 12.8. The first kappa shape index (κ1) is 34.9. The molecule has 2 saturated heterocycles. The molecule has 16 nitrogen and oxygen atoms in total. The predicted molar refractivity (Wildman–Crippen MR) is 158 cm³/mol. The third-order valence-corrected chi connectivity index (χ3v) is 7.70. The van der Waals surface area contributed by atoms with Gasteiger partial charge in [0.25, 0.3) is 0 Å². The molecule has 0 aliphatic carbocycles. The van der Waals surface area contributed by atoms with E-state index in [2.05, 4.69) is 21.3 Å². The summed E-state index contributed by atoms with van der Waals surface area (Å²) in [5.41, 5.74) is 6.15. The van der Waals surface area contributed by atoms with Crippen LogP contribution in [0.2, 0.25) is 0 Å². The molecule has 1 aromatic rings. The lowest BCUT2D eigenvalue weighted by atomic mass is 10.0. The van der Waals surface area contributed by atoms with Crippen molar-refractivity contribution in [3.63, 3.8) is 0 Å². The van der Waals surface area contributed by atoms with Crippen LogP contribution in [0.4, 0.5) is 0 Å². The van der Waals surface area contributed by atoms with Crippen LogP contribution in [0, 0.1) is 0 Å². The van der Waals surface area contributed by atoms with E-state index in [4.69, 9.17) is 10.8 Å². The van der Waals surface area contributed by atoms with Crippen molar-refractivity contribution in [3.8, 4) is 0 Å². The Balaban J connectivity index is 1.65. The van der Waals surface area contributed by atoms with Crippen LogP contribution in [-0.4, -0.2) is 124 Å². The van der Waals surface area contributed by atoms with E-state index in [1.165, 1.54) is 16.7 Å². The minimum Gasteiger partial charge on any atom is -0.480 e. The molecule has 1 aromatic carbocycles. The monoisotopic (exact) mass is 631 g/mol. The van der Waals surface area contributed by atoms with Gasteiger partial charge in [0.2, 0.25) is 35.4 Å². The number of nitrogens with one attached hydrogen (secondary N) is 4. The van der Waals surface area contributed by atoms with Crippen LogP contribution in [-0.2, 0) is 40.0 Å². The first-order valence-corrected chi connectivity index (χ1v) is 14.8. The number of carbonyl (C=O) groups is 7. The number of nitrogens with two attached hydrogens (primary N) is 1. The van der Waals surface area contributed by atoms with Gasteiger partial charge in [-0.15, -0.1) is 0 Å². The molecule has 6 amide bonds. The maximum Gasteiger partial charge on any atom is 0.322 e. The van der Waals surface area contributed by atoms with Gasteiger partial charge in [-0.05, 0) is 38.2 Å². The summed E-state index contributed by atoms with van der Waals surface area (Å²) < 4.78 is 0. The number of hydrogen-bond acceptors (Lipinski definition) is 9. The molecule has 0 aromatic heterocycles. The van der Waals surface area contributed by atoms with E-state index in [9.17, 15) is 38.7 Å². The Hall–Kier alpha value is -4.57. The minimum absolute atomic E-state index is 0.0745. The van der Waals surface area contributed by atoms with Crippen molar-refractivity contribution in [1.82, 2.24) is 31.1 Å². The minimum atomic E-state index is -1.43. The average Bonchev–Trinajstić information content (AvgIpc) is 3.71. The van der Waals surface area contributed by atoms with Crippen LogP contribution in [0.5, 0.6) is 0 Å². The van der Waals surface area contributed by atoms with Crippen LogP contribution < -0.4 is 27.0 Å². The second kappa shape index (κ2) is 16.5. The Morgan fingerprint density at radius 1 is 0.889 bits per heavy atom. The molecule has 45 heavy (non-hydrogen) atoms. The second-order valence-corrected chi connectivity index (χ2v) is 11.0. The van der Waals surface area contributed by atoms with E-state index in [1.54, 1.807) is 30.3 Å². The number of benzene rings is 1. The third-order valence-electron chi connectivity index (χ3n) is 7.70. The van der Waals surface area contributed by atoms with Crippen molar-refractivity contribution >= 4 is 41.4 Å². The fourth-order valence-corrected chi connectivity index (χ4v) is 5.47. The molecule has 0 spiro atoms. The first-order valence-electron chi connectivity index (χ1n) is 14.8. The molecule has 0 saturated carbocycles. The molecule has 2 heterocycles. The lowest BCUT2D eigenvalue weighted by Gasteiger charge is -2.29. The number of carbonyl (C=O) groups excluding carboxylic acids is 6. The van der Waals surface area contributed by atoms with Crippen molar-refractivity contribution in [2.45, 2.75) is 69.3 Å². The topological polar surface area (TPSA) is 241 Å². The van der Waals surface area contributed by atoms with Crippen molar-refractivity contribution in [2.75, 3.05) is 32.7 Å². The molecule has 16 heteroatoms. The van der Waals surface area contributed by atoms with Gasteiger partial charge in [0, 0.05) is 19.5 Å². The largest absolute Gasteiger partial charge is 0.480 e. The summed E-state index contributed by atoms with van der Waals surface area (Å²) in [5, 5.41) is 28.8. The number of nitrogens with zero attached hydrogens (tertiary/aromatic N) is 2. The maximum atomic E-state index is 13.6. The Morgan fingerprint density at radius 2 is 1.51 bits per heavy atom. The first-order chi connectivity index (χ1) is 21.4. The number of aliphatic hydroxyl groups excluding tert-OH is 1. The lowest BCUT2D eigenvalue weighted by Crippen LogP contribution is -2.58. The molecule has 2 aliphatic rings. The molecule has 2 fully saturated rings. The molecule has 0 unspecified atom stereocenters. The summed E-state index contributed by atoms with van der Waals surface area (Å²) in [6.45, 7) is 0.389. The van der Waals surface area contributed by atoms with E-state index in [0.29, 0.717) is 32.2 Å². The lowest BCUT2D eigenvalue weighted by molar-refractivity contribution is -0.142. The Bertz CT molecular complexity index is 1260. The zero-order chi connectivity index (χ0) is 33.1. The molecule has 2 aliphatic heterocycles. The highest BCUT2D eigenvalue weighted by atomic mass is 16.4. The third kappa shape index (κ3) is 9.71. The summed E-state index contributed by atoms with van der Waals surface area (Å²) in [6.07, 6.45) is 0.497. The number of likely N-dealkylation sites (tertiary alicyclic amines) is 2. The van der Waals surface area contributed by atoms with Crippen LogP contribution in [0.15, 0.2) is 30.3 Å². The number of hydrogen-bond donors (Lipinski definition) is 7. The van der Waals surface area contributed by atoms with Gasteiger partial charge in [-0.2, -0.15) is 0 Å². The predicted octanol–water partition coefficient (Wildman–Crippen LogP) is -3.16. The van der Waals surface area contributed by atoms with Gasteiger partial charge in [0.1, 0.15) is 30.7 Å². The zero-order valence-electron chi connectivity index (χ0n) is 25.1. The average molecular weight is 632 g/mol. The fourth-order valence-electron chi connectivity index (χ4n) is 5.47. The van der Waals surface area contributed by atoms with Gasteiger partial charge in [0.05, 0.1) is 19.2 Å². The van der Waals surface area contributed by atoms with E-state index in [-0.39, 0.29) is 19.5 Å². The highest BCUT2D eigenvalue weighted by molar-refractivity contribution is 5.96. The van der Waals surface area contributed by atoms with Gasteiger partial charge in [-0.25, -0.2) is 0 Å². The second-order valence-electron chi connectivity index (χ2n) is 11.0. The summed E-state index contributed by atoms with van der Waals surface area (Å²) in [6, 6.07) is 4.53. The molecule has 5 atom stereocenters. The zero-order valence-corrected chi connectivity index (χ0v) is 25.1. The molecule has 0 radical (unpaired) electrons. The molecule has 8 N–H and O–H groups in total. The summed E-state index contributed by atoms with van der Waals surface area (Å²) in [7, 11) is 0. The normalized spacial score (nSPS) is 19.6. The summed E-state index contributed by atoms with van der Waals surface area (Å²) >= 11 is 0. The smallest absolute Gasteiger partial charge is 0.322 e. The molecule has 246 valence electrons. The Morgan fingerprint density at radius 3 is 2.11 bits per heavy atom. The van der Waals surface area contributed by atoms with Crippen molar-refractivity contribution in [2.24, 2.45) is 5.73 Å². The number of aliphatic hydroxyl groups is 1. The number of aliphatic carboxylic acids is 1. The molecular formula is C29H41N7O9. The highest BCUT2D eigenvalue weighted by Gasteiger charge is 2.39. The van der Waals surface area contributed by atoms with Crippen LogP contribution in [0.1, 0.15) is 38.2 Å². The van der Waals surface area contributed by atoms with E-state index in [0.717, 1.165) is 5.56 Å². The van der Waals surface area contributed by atoms with Gasteiger partial charge in [-0.3, -0.25) is 33.6 Å². The Labute approximate surface area is 260 Å². The van der Waals surface area contributed by atoms with Gasteiger partial charge < -0.3 is 47.0 Å². The van der Waals surface area contributed by atoms with Gasteiger partial charge >= 0.3 is 5.97 Å². The molecule has 0 bridgehead atoms. The number of carboxylic acid groups (broad SMARTS) is 1. The fraction of sp³-hybridized carbons (Fsp3) is 0.552. The van der Waals surface area contributed by atoms with Crippen molar-refractivity contribution in [1.29, 1.82) is 0 Å². The summed E-state index contributed by atoms with van der Waals surface area (Å²) in [4.78, 5) is 90.7. The highest BCUT2D eigenvalue weighted by Crippen LogP contribution is 2.20. The van der Waals surface area contributed by atoms with Crippen LogP contribution >= 0.6 is 0 Å². The van der Waals surface area contributed by atoms with Crippen LogP contribution in [0.3, 0.4) is 0 Å². The standard InChI is InChI=1S/C29H41N7O9/c1-17(37)25(34-27(43)21-10-5-11-35(21)23(39)14-30)28(44)31-15-22(38)33-19(13-18-7-3-2-4-8-18)29(45)36-12-6-9-20(36)26(42)32-16-24(40)41/h2-4,7-8,17,19-21,25,37H,5-6,9-16,30H2,1H3,(H,31,44)(H,32,42)(H,33,38)(H,34,43)(H,40,41)/t17-,19+,20+,21+,25+/m1/s1. The van der Waals surface area contributed by atoms with Gasteiger partial charge in [-0.1, -0.05) is 30.3 Å². The number of carboxylic acids is 1. The quantitative estimate of drug-likeness (QED) is 0.109. The van der Waals surface area contributed by atoms with Crippen molar-refractivity contribution in [3.05, 3.63) is 35.9 Å². The summed E-state index contributed by atoms with van der Waals surface area (Å²) in [5.74, 6) is -5.04. The van der Waals surface area contributed by atoms with E-state index < -0.39 is 84.8 Å². The molecule has 3 rings (SSSR count). The SMILES string of the molecule is C[C@@H](O)[C@H](NC(=O)[C@@H]1CCCN1C(=O)CN)C(=O)NCC(=O)N[C@@H](Cc1ccccc1)C(=O)N1CCC[C@H]1C(=O)NCC(=O)O. The molecular weight excluding hydrogens is 590 g/mol. The van der Waals surface area contributed by atoms with E-state index in [1.807, 2.05) is 0 Å². The van der Waals surface area contributed by atoms with Crippen molar-refractivity contribution < 1.29 is 43.8 Å². The van der Waals surface area contributed by atoms with E-state index >= 15 is 0 Å².